The molecule has 7 heteroatoms. The third-order valence-electron chi connectivity index (χ3n) is 4.14. The lowest BCUT2D eigenvalue weighted by atomic mass is 10.1. The van der Waals surface area contributed by atoms with Crippen LogP contribution < -0.4 is 10.1 Å². The molecule has 0 aliphatic heterocycles. The molecule has 0 aliphatic carbocycles. The fourth-order valence-corrected chi connectivity index (χ4v) is 2.59. The van der Waals surface area contributed by atoms with Gasteiger partial charge in [0.15, 0.2) is 0 Å². The minimum atomic E-state index is -0.635. The van der Waals surface area contributed by atoms with E-state index in [0.29, 0.717) is 12.2 Å². The Labute approximate surface area is 169 Å². The minimum Gasteiger partial charge on any atom is -0.494 e. The molecule has 2 aromatic rings. The van der Waals surface area contributed by atoms with E-state index >= 15 is 0 Å². The Balaban J connectivity index is 1.99. The molecule has 0 aromatic heterocycles. The second-order valence-electron chi connectivity index (χ2n) is 6.41. The number of nitro benzene ring substituents is 1. The molecule has 29 heavy (non-hydrogen) atoms. The number of anilines is 1. The van der Waals surface area contributed by atoms with Gasteiger partial charge in [0.2, 0.25) is 0 Å². The summed E-state index contributed by atoms with van der Waals surface area (Å²) >= 11 is 0. The molecule has 0 atom stereocenters. The summed E-state index contributed by atoms with van der Waals surface area (Å²) < 4.78 is 5.68. The van der Waals surface area contributed by atoms with Gasteiger partial charge in [0, 0.05) is 17.8 Å². The summed E-state index contributed by atoms with van der Waals surface area (Å²) in [6.45, 7) is 2.82. The van der Waals surface area contributed by atoms with Gasteiger partial charge < -0.3 is 10.1 Å². The number of amides is 1. The molecular formula is C22H23N3O4. The smallest absolute Gasteiger partial charge is 0.271 e. The van der Waals surface area contributed by atoms with Gasteiger partial charge >= 0.3 is 0 Å². The molecule has 150 valence electrons. The molecule has 0 unspecified atom stereocenters. The number of non-ortho nitro benzene ring substituents is 1. The lowest BCUT2D eigenvalue weighted by Crippen LogP contribution is -2.13. The van der Waals surface area contributed by atoms with E-state index in [-0.39, 0.29) is 16.9 Å². The van der Waals surface area contributed by atoms with Crippen LogP contribution in [0.15, 0.2) is 54.1 Å². The number of nitro groups is 1. The molecule has 0 spiro atoms. The van der Waals surface area contributed by atoms with Crippen LogP contribution in [0.2, 0.25) is 0 Å². The molecule has 0 fully saturated rings. The number of unbranched alkanes of at least 4 members (excludes halogenated alkanes) is 3. The van der Waals surface area contributed by atoms with E-state index < -0.39 is 10.8 Å². The van der Waals surface area contributed by atoms with E-state index in [2.05, 4.69) is 12.2 Å². The maximum atomic E-state index is 12.3. The van der Waals surface area contributed by atoms with Crippen molar-refractivity contribution >= 4 is 23.4 Å². The molecule has 0 radical (unpaired) electrons. The SMILES string of the molecule is CCCCCCOc1ccc(C=C(C#N)C(=O)Nc2cccc([N+](=O)[O-])c2)cc1. The lowest BCUT2D eigenvalue weighted by molar-refractivity contribution is -0.384. The Morgan fingerprint density at radius 3 is 2.62 bits per heavy atom. The summed E-state index contributed by atoms with van der Waals surface area (Å²) in [6.07, 6.45) is 5.98. The lowest BCUT2D eigenvalue weighted by Gasteiger charge is -2.06. The van der Waals surface area contributed by atoms with Gasteiger partial charge in [-0.05, 0) is 36.3 Å². The van der Waals surface area contributed by atoms with Crippen molar-refractivity contribution in [2.45, 2.75) is 32.6 Å². The molecule has 0 saturated carbocycles. The normalized spacial score (nSPS) is 10.8. The van der Waals surface area contributed by atoms with Crippen LogP contribution in [-0.2, 0) is 4.79 Å². The summed E-state index contributed by atoms with van der Waals surface area (Å²) in [6, 6.07) is 14.5. The van der Waals surface area contributed by atoms with Crippen molar-refractivity contribution in [1.82, 2.24) is 0 Å². The van der Waals surface area contributed by atoms with E-state index in [9.17, 15) is 20.2 Å². The van der Waals surface area contributed by atoms with E-state index in [1.807, 2.05) is 6.07 Å². The predicted octanol–water partition coefficient (Wildman–Crippen LogP) is 5.10. The first-order chi connectivity index (χ1) is 14.0. The molecule has 0 aliphatic rings. The molecule has 2 aromatic carbocycles. The first-order valence-electron chi connectivity index (χ1n) is 9.44. The second kappa shape index (κ2) is 11.2. The molecular weight excluding hydrogens is 370 g/mol. The number of ether oxygens (including phenoxy) is 1. The number of benzene rings is 2. The van der Waals surface area contributed by atoms with Crippen molar-refractivity contribution in [2.75, 3.05) is 11.9 Å². The maximum absolute atomic E-state index is 12.3. The number of hydrogen-bond donors (Lipinski definition) is 1. The highest BCUT2D eigenvalue weighted by Crippen LogP contribution is 2.19. The first kappa shape index (κ1) is 21.6. The molecule has 1 amide bonds. The Kier molecular flexibility index (Phi) is 8.39. The number of nitriles is 1. The van der Waals surface area contributed by atoms with Crippen LogP contribution in [0.25, 0.3) is 6.08 Å². The zero-order valence-corrected chi connectivity index (χ0v) is 16.3. The van der Waals surface area contributed by atoms with Crippen LogP contribution in [-0.4, -0.2) is 17.4 Å². The van der Waals surface area contributed by atoms with Gasteiger partial charge in [0.1, 0.15) is 17.4 Å². The highest BCUT2D eigenvalue weighted by atomic mass is 16.6. The van der Waals surface area contributed by atoms with Crippen LogP contribution in [0.4, 0.5) is 11.4 Å². The summed E-state index contributed by atoms with van der Waals surface area (Å²) in [5, 5.41) is 22.6. The van der Waals surface area contributed by atoms with E-state index in [4.69, 9.17) is 4.74 Å². The van der Waals surface area contributed by atoms with Gasteiger partial charge in [-0.15, -0.1) is 0 Å². The second-order valence-corrected chi connectivity index (χ2v) is 6.41. The largest absolute Gasteiger partial charge is 0.494 e. The van der Waals surface area contributed by atoms with E-state index in [0.717, 1.165) is 18.6 Å². The fraction of sp³-hybridized carbons (Fsp3) is 0.273. The average Bonchev–Trinajstić information content (AvgIpc) is 2.73. The number of nitrogens with zero attached hydrogens (tertiary/aromatic N) is 2. The molecule has 0 heterocycles. The van der Waals surface area contributed by atoms with Crippen molar-refractivity contribution < 1.29 is 14.5 Å². The molecule has 0 bridgehead atoms. The highest BCUT2D eigenvalue weighted by molar-refractivity contribution is 6.09. The predicted molar refractivity (Wildman–Crippen MR) is 111 cm³/mol. The number of rotatable bonds is 10. The Morgan fingerprint density at radius 2 is 1.97 bits per heavy atom. The monoisotopic (exact) mass is 393 g/mol. The molecule has 1 N–H and O–H groups in total. The first-order valence-corrected chi connectivity index (χ1v) is 9.44. The third-order valence-corrected chi connectivity index (χ3v) is 4.14. The van der Waals surface area contributed by atoms with Crippen molar-refractivity contribution in [3.05, 3.63) is 69.8 Å². The topological polar surface area (TPSA) is 105 Å². The summed E-state index contributed by atoms with van der Waals surface area (Å²) in [5.74, 6) is 0.0995. The Morgan fingerprint density at radius 1 is 1.21 bits per heavy atom. The summed E-state index contributed by atoms with van der Waals surface area (Å²) in [7, 11) is 0. The maximum Gasteiger partial charge on any atom is 0.271 e. The van der Waals surface area contributed by atoms with Gasteiger partial charge in [-0.3, -0.25) is 14.9 Å². The highest BCUT2D eigenvalue weighted by Gasteiger charge is 2.12. The minimum absolute atomic E-state index is 0.107. The zero-order valence-electron chi connectivity index (χ0n) is 16.3. The van der Waals surface area contributed by atoms with E-state index in [1.54, 1.807) is 24.3 Å². The van der Waals surface area contributed by atoms with Crippen LogP contribution in [0.3, 0.4) is 0 Å². The zero-order chi connectivity index (χ0) is 21.1. The quantitative estimate of drug-likeness (QED) is 0.199. The van der Waals surface area contributed by atoms with Gasteiger partial charge in [-0.1, -0.05) is 44.4 Å². The van der Waals surface area contributed by atoms with Crippen LogP contribution in [0, 0.1) is 21.4 Å². The van der Waals surface area contributed by atoms with Crippen molar-refractivity contribution in [1.29, 1.82) is 5.26 Å². The molecule has 0 saturated heterocycles. The van der Waals surface area contributed by atoms with Gasteiger partial charge in [-0.2, -0.15) is 5.26 Å². The Hall–Kier alpha value is -3.66. The van der Waals surface area contributed by atoms with Crippen LogP contribution in [0.5, 0.6) is 5.75 Å². The van der Waals surface area contributed by atoms with E-state index in [1.165, 1.54) is 43.2 Å². The van der Waals surface area contributed by atoms with Crippen LogP contribution in [0.1, 0.15) is 38.2 Å². The third kappa shape index (κ3) is 7.11. The fourth-order valence-electron chi connectivity index (χ4n) is 2.59. The number of hydrogen-bond acceptors (Lipinski definition) is 5. The Bertz CT molecular complexity index is 914. The van der Waals surface area contributed by atoms with Gasteiger partial charge in [0.05, 0.1) is 11.5 Å². The van der Waals surface area contributed by atoms with Crippen molar-refractivity contribution in [3.8, 4) is 11.8 Å². The summed E-state index contributed by atoms with van der Waals surface area (Å²) in [4.78, 5) is 22.6. The van der Waals surface area contributed by atoms with Gasteiger partial charge in [-0.25, -0.2) is 0 Å². The van der Waals surface area contributed by atoms with Gasteiger partial charge in [0.25, 0.3) is 11.6 Å². The molecule has 2 rings (SSSR count). The number of carbonyl (C=O) groups excluding carboxylic acids is 1. The standard InChI is InChI=1S/C22H23N3O4/c1-2-3-4-5-13-29-21-11-9-17(10-12-21)14-18(16-23)22(26)24-19-7-6-8-20(15-19)25(27)28/h6-12,14-15H,2-5,13H2,1H3,(H,24,26). The van der Waals surface area contributed by atoms with Crippen molar-refractivity contribution in [2.24, 2.45) is 0 Å². The average molecular weight is 393 g/mol. The number of carbonyl (C=O) groups is 1. The van der Waals surface area contributed by atoms with Crippen LogP contribution >= 0.6 is 0 Å². The summed E-state index contributed by atoms with van der Waals surface area (Å²) in [5.41, 5.74) is 0.673. The number of nitrogens with one attached hydrogen (secondary N) is 1. The van der Waals surface area contributed by atoms with Crippen molar-refractivity contribution in [3.63, 3.8) is 0 Å². The molecule has 7 nitrogen and oxygen atoms in total.